The number of anilines is 2. The van der Waals surface area contributed by atoms with Gasteiger partial charge in [0, 0.05) is 70.3 Å². The normalized spacial score (nSPS) is 22.8. The molecule has 276 valence electrons. The number of nitrogens with two attached hydrogens (primary N) is 1. The molecule has 0 unspecified atom stereocenters. The van der Waals surface area contributed by atoms with E-state index in [0.29, 0.717) is 43.7 Å². The van der Waals surface area contributed by atoms with Crippen molar-refractivity contribution in [1.29, 1.82) is 0 Å². The second-order valence-electron chi connectivity index (χ2n) is 14.6. The molecular formula is C35H39F5N10O2. The molecule has 4 aromatic rings. The summed E-state index contributed by atoms with van der Waals surface area (Å²) in [5, 5.41) is 4.23. The average Bonchev–Trinajstić information content (AvgIpc) is 3.55. The number of hydrogen-bond acceptors (Lipinski definition) is 12. The minimum Gasteiger partial charge on any atom is -0.461 e. The number of alkyl halides is 4. The van der Waals surface area contributed by atoms with Crippen molar-refractivity contribution in [3.8, 4) is 17.4 Å². The minimum absolute atomic E-state index is 0.0897. The van der Waals surface area contributed by atoms with Gasteiger partial charge in [0.1, 0.15) is 41.3 Å². The van der Waals surface area contributed by atoms with Crippen LogP contribution in [-0.4, -0.2) is 105 Å². The van der Waals surface area contributed by atoms with Crippen LogP contribution in [0.25, 0.3) is 28.4 Å². The van der Waals surface area contributed by atoms with Crippen LogP contribution in [0.5, 0.6) is 6.01 Å². The molecule has 0 amide bonds. The molecule has 0 bridgehead atoms. The van der Waals surface area contributed by atoms with Crippen LogP contribution in [0.1, 0.15) is 60.9 Å². The smallest absolute Gasteiger partial charge is 0.418 e. The van der Waals surface area contributed by atoms with Crippen molar-refractivity contribution in [3.63, 3.8) is 0 Å². The molecule has 1 saturated carbocycles. The summed E-state index contributed by atoms with van der Waals surface area (Å²) in [5.41, 5.74) is 2.31. The molecule has 3 aliphatic heterocycles. The van der Waals surface area contributed by atoms with Crippen molar-refractivity contribution in [2.45, 2.75) is 62.8 Å². The van der Waals surface area contributed by atoms with Gasteiger partial charge >= 0.3 is 12.2 Å². The van der Waals surface area contributed by atoms with E-state index in [-0.39, 0.29) is 40.8 Å². The lowest BCUT2D eigenvalue weighted by Gasteiger charge is -2.40. The van der Waals surface area contributed by atoms with E-state index >= 15 is 4.39 Å². The SMILES string of the molecule is Cc1cc(N)nc(-c2ncc3c(N(C)CC4CN(C/C=C/c5nc(C6CC6)no5)C4)nc(OC[C@@]45CCCN4C[C@H](F)C5)nc3c2F)c1C(F)(F)F. The zero-order chi connectivity index (χ0) is 36.4. The molecule has 0 spiro atoms. The van der Waals surface area contributed by atoms with E-state index in [1.165, 1.54) is 13.1 Å². The summed E-state index contributed by atoms with van der Waals surface area (Å²) in [5.74, 6) is 0.906. The van der Waals surface area contributed by atoms with Gasteiger partial charge in [-0.3, -0.25) is 14.8 Å². The van der Waals surface area contributed by atoms with Gasteiger partial charge in [0.25, 0.3) is 0 Å². The number of rotatable bonds is 11. The van der Waals surface area contributed by atoms with E-state index in [9.17, 15) is 17.6 Å². The number of ether oxygens (including phenoxy) is 1. The van der Waals surface area contributed by atoms with Crippen LogP contribution in [-0.2, 0) is 6.18 Å². The number of halogens is 5. The summed E-state index contributed by atoms with van der Waals surface area (Å²) in [6.07, 6.45) is 3.37. The third-order valence-electron chi connectivity index (χ3n) is 10.6. The van der Waals surface area contributed by atoms with Crippen LogP contribution < -0.4 is 15.4 Å². The van der Waals surface area contributed by atoms with Crippen molar-refractivity contribution in [3.05, 3.63) is 47.0 Å². The van der Waals surface area contributed by atoms with E-state index < -0.39 is 40.7 Å². The Morgan fingerprint density at radius 1 is 1.13 bits per heavy atom. The van der Waals surface area contributed by atoms with Gasteiger partial charge in [0.15, 0.2) is 11.6 Å². The van der Waals surface area contributed by atoms with Crippen LogP contribution >= 0.6 is 0 Å². The van der Waals surface area contributed by atoms with Crippen molar-refractivity contribution in [2.24, 2.45) is 5.92 Å². The third kappa shape index (κ3) is 6.64. The summed E-state index contributed by atoms with van der Waals surface area (Å²) in [6, 6.07) is 0.923. The van der Waals surface area contributed by atoms with E-state index in [1.54, 1.807) is 7.05 Å². The first-order chi connectivity index (χ1) is 24.9. The highest BCUT2D eigenvalue weighted by Crippen LogP contribution is 2.43. The molecule has 0 radical (unpaired) electrons. The molecule has 1 aliphatic carbocycles. The van der Waals surface area contributed by atoms with Crippen LogP contribution in [0.2, 0.25) is 0 Å². The molecule has 52 heavy (non-hydrogen) atoms. The molecule has 2 N–H and O–H groups in total. The molecule has 0 aromatic carbocycles. The fraction of sp³-hybridized carbons (Fsp3) is 0.543. The molecule has 4 fully saturated rings. The standard InChI is InChI=1S/C35H39F5N10O2/c1-19-11-24(41)43-29(26(19)35(38,39)40)30-27(37)28-23(13-42-30)32(46-33(45-28)51-18-34-8-4-10-50(34)17-22(36)12-34)48(2)14-20-15-49(16-20)9-3-5-25-44-31(47-52-25)21-6-7-21/h3,5,11,13,20-22H,4,6-10,12,14-18H2,1-2H3,(H2,41,43)/b5-3+/t22-,34+/m1/s1. The topological polar surface area (TPSA) is 135 Å². The summed E-state index contributed by atoms with van der Waals surface area (Å²) in [4.78, 5) is 27.6. The van der Waals surface area contributed by atoms with E-state index in [2.05, 4.69) is 39.9 Å². The summed E-state index contributed by atoms with van der Waals surface area (Å²) in [7, 11) is 1.81. The van der Waals surface area contributed by atoms with Gasteiger partial charge in [-0.15, -0.1) is 0 Å². The predicted molar refractivity (Wildman–Crippen MR) is 182 cm³/mol. The molecule has 12 nitrogen and oxygen atoms in total. The van der Waals surface area contributed by atoms with Gasteiger partial charge in [0.2, 0.25) is 5.89 Å². The van der Waals surface area contributed by atoms with Gasteiger partial charge in [-0.1, -0.05) is 11.2 Å². The van der Waals surface area contributed by atoms with E-state index in [4.69, 9.17) is 15.0 Å². The number of fused-ring (bicyclic) bond motifs is 2. The lowest BCUT2D eigenvalue weighted by molar-refractivity contribution is -0.137. The molecule has 17 heteroatoms. The number of pyridine rings is 2. The summed E-state index contributed by atoms with van der Waals surface area (Å²) in [6.45, 7) is 5.21. The van der Waals surface area contributed by atoms with Crippen molar-refractivity contribution in [1.82, 2.24) is 39.9 Å². The molecule has 7 heterocycles. The van der Waals surface area contributed by atoms with E-state index in [1.807, 2.05) is 17.1 Å². The maximum Gasteiger partial charge on any atom is 0.418 e. The van der Waals surface area contributed by atoms with Gasteiger partial charge in [-0.25, -0.2) is 13.8 Å². The van der Waals surface area contributed by atoms with Crippen LogP contribution in [0.3, 0.4) is 0 Å². The summed E-state index contributed by atoms with van der Waals surface area (Å²) < 4.78 is 85.1. The maximum atomic E-state index is 16.5. The lowest BCUT2D eigenvalue weighted by Crippen LogP contribution is -2.51. The predicted octanol–water partition coefficient (Wildman–Crippen LogP) is 5.43. The third-order valence-corrected chi connectivity index (χ3v) is 10.6. The Morgan fingerprint density at radius 3 is 2.71 bits per heavy atom. The highest BCUT2D eigenvalue weighted by molar-refractivity contribution is 5.92. The highest BCUT2D eigenvalue weighted by Gasteiger charge is 2.49. The Bertz CT molecular complexity index is 2010. The first kappa shape index (κ1) is 34.6. The maximum absolute atomic E-state index is 16.5. The second kappa shape index (κ2) is 13.2. The number of hydrogen-bond donors (Lipinski definition) is 1. The fourth-order valence-corrected chi connectivity index (χ4v) is 7.96. The zero-order valence-corrected chi connectivity index (χ0v) is 28.8. The molecule has 4 aliphatic rings. The molecule has 8 rings (SSSR count). The first-order valence-electron chi connectivity index (χ1n) is 17.5. The minimum atomic E-state index is -4.85. The fourth-order valence-electron chi connectivity index (χ4n) is 7.96. The largest absolute Gasteiger partial charge is 0.461 e. The van der Waals surface area contributed by atoms with Gasteiger partial charge < -0.3 is 19.9 Å². The van der Waals surface area contributed by atoms with Crippen molar-refractivity contribution < 1.29 is 31.2 Å². The van der Waals surface area contributed by atoms with Crippen LogP contribution in [0, 0.1) is 18.7 Å². The van der Waals surface area contributed by atoms with Gasteiger partial charge in [-0.05, 0) is 50.8 Å². The molecule has 3 saturated heterocycles. The Balaban J connectivity index is 1.06. The highest BCUT2D eigenvalue weighted by atomic mass is 19.4. The second-order valence-corrected chi connectivity index (χ2v) is 14.6. The van der Waals surface area contributed by atoms with Gasteiger partial charge in [0.05, 0.1) is 16.5 Å². The van der Waals surface area contributed by atoms with Crippen LogP contribution in [0.4, 0.5) is 33.6 Å². The van der Waals surface area contributed by atoms with Crippen molar-refractivity contribution >= 4 is 28.6 Å². The summed E-state index contributed by atoms with van der Waals surface area (Å²) >= 11 is 0. The van der Waals surface area contributed by atoms with E-state index in [0.717, 1.165) is 57.2 Å². The lowest BCUT2D eigenvalue weighted by atomic mass is 9.95. The number of aromatic nitrogens is 6. The average molecular weight is 727 g/mol. The Morgan fingerprint density at radius 2 is 1.94 bits per heavy atom. The van der Waals surface area contributed by atoms with Crippen LogP contribution in [0.15, 0.2) is 22.9 Å². The number of aryl methyl sites for hydroxylation is 1. The number of nitrogens with zero attached hydrogens (tertiary/aromatic N) is 9. The first-order valence-corrected chi connectivity index (χ1v) is 17.5. The quantitative estimate of drug-likeness (QED) is 0.198. The Kier molecular flexibility index (Phi) is 8.75. The number of nitrogen functional groups attached to an aromatic ring is 1. The van der Waals surface area contributed by atoms with Gasteiger partial charge in [-0.2, -0.15) is 28.1 Å². The number of likely N-dealkylation sites (tertiary alicyclic amines) is 1. The Labute approximate surface area is 296 Å². The molecule has 4 aromatic heterocycles. The zero-order valence-electron chi connectivity index (χ0n) is 28.8. The van der Waals surface area contributed by atoms with Crippen molar-refractivity contribution in [2.75, 3.05) is 63.6 Å². The monoisotopic (exact) mass is 726 g/mol. The Hall–Kier alpha value is -4.51. The molecule has 2 atom stereocenters. The molecular weight excluding hydrogens is 687 g/mol.